The van der Waals surface area contributed by atoms with E-state index in [-0.39, 0.29) is 31.0 Å². The highest BCUT2D eigenvalue weighted by atomic mass is 16.3. The van der Waals surface area contributed by atoms with Gasteiger partial charge in [-0.05, 0) is 75.9 Å². The molecule has 1 aromatic heterocycles. The topological polar surface area (TPSA) is 91.8 Å². The van der Waals surface area contributed by atoms with Crippen molar-refractivity contribution in [3.63, 3.8) is 0 Å². The van der Waals surface area contributed by atoms with Crippen LogP contribution in [0.3, 0.4) is 0 Å². The SMILES string of the molecule is CCn1c(CC[C@@H]2CCCN2C(=O)[C@H]2CCCN2C(CCO)C(N)=O)cc2ccccc21. The van der Waals surface area contributed by atoms with E-state index in [0.717, 1.165) is 51.6 Å². The summed E-state index contributed by atoms with van der Waals surface area (Å²) < 4.78 is 2.38. The van der Waals surface area contributed by atoms with Crippen LogP contribution >= 0.6 is 0 Å². The van der Waals surface area contributed by atoms with Gasteiger partial charge in [-0.15, -0.1) is 0 Å². The molecule has 2 amide bonds. The second kappa shape index (κ2) is 10.0. The van der Waals surface area contributed by atoms with Gasteiger partial charge in [-0.2, -0.15) is 0 Å². The van der Waals surface area contributed by atoms with Crippen molar-refractivity contribution in [3.05, 3.63) is 36.0 Å². The number of rotatable bonds is 9. The zero-order chi connectivity index (χ0) is 22.7. The first-order valence-electron chi connectivity index (χ1n) is 12.1. The van der Waals surface area contributed by atoms with E-state index in [1.54, 1.807) is 0 Å². The van der Waals surface area contributed by atoms with E-state index in [4.69, 9.17) is 5.73 Å². The van der Waals surface area contributed by atoms with Crippen molar-refractivity contribution in [2.45, 2.75) is 76.5 Å². The number of aryl methyl sites for hydroxylation is 2. The number of aliphatic hydroxyl groups is 1. The van der Waals surface area contributed by atoms with E-state index in [1.165, 1.54) is 16.6 Å². The highest BCUT2D eigenvalue weighted by Crippen LogP contribution is 2.29. The summed E-state index contributed by atoms with van der Waals surface area (Å²) in [5, 5.41) is 10.6. The predicted octanol–water partition coefficient (Wildman–Crippen LogP) is 2.29. The Labute approximate surface area is 190 Å². The number of amides is 2. The molecule has 0 spiro atoms. The highest BCUT2D eigenvalue weighted by Gasteiger charge is 2.41. The van der Waals surface area contributed by atoms with Crippen molar-refractivity contribution in [1.29, 1.82) is 0 Å². The average Bonchev–Trinajstić information content (AvgIpc) is 3.53. The van der Waals surface area contributed by atoms with Crippen molar-refractivity contribution in [2.75, 3.05) is 19.7 Å². The lowest BCUT2D eigenvalue weighted by molar-refractivity contribution is -0.139. The zero-order valence-corrected chi connectivity index (χ0v) is 19.1. The molecule has 1 aromatic carbocycles. The molecule has 0 aliphatic carbocycles. The maximum absolute atomic E-state index is 13.5. The molecular formula is C25H36N4O3. The van der Waals surface area contributed by atoms with Gasteiger partial charge in [0.1, 0.15) is 0 Å². The highest BCUT2D eigenvalue weighted by molar-refractivity contribution is 5.85. The Morgan fingerprint density at radius 2 is 1.97 bits per heavy atom. The van der Waals surface area contributed by atoms with E-state index >= 15 is 0 Å². The second-order valence-corrected chi connectivity index (χ2v) is 9.13. The predicted molar refractivity (Wildman–Crippen MR) is 125 cm³/mol. The fourth-order valence-electron chi connectivity index (χ4n) is 5.80. The normalized spacial score (nSPS) is 22.6. The molecule has 2 saturated heterocycles. The van der Waals surface area contributed by atoms with Crippen LogP contribution < -0.4 is 5.73 Å². The summed E-state index contributed by atoms with van der Waals surface area (Å²) in [6.45, 7) is 4.47. The fraction of sp³-hybridized carbons (Fsp3) is 0.600. The van der Waals surface area contributed by atoms with Crippen LogP contribution in [-0.4, -0.2) is 69.1 Å². The minimum absolute atomic E-state index is 0.108. The number of aromatic nitrogens is 1. The summed E-state index contributed by atoms with van der Waals surface area (Å²) in [5.74, 6) is -0.325. The third-order valence-electron chi connectivity index (χ3n) is 7.32. The lowest BCUT2D eigenvalue weighted by atomic mass is 10.0. The largest absolute Gasteiger partial charge is 0.396 e. The Morgan fingerprint density at radius 1 is 1.19 bits per heavy atom. The minimum Gasteiger partial charge on any atom is -0.396 e. The Bertz CT molecular complexity index is 956. The summed E-state index contributed by atoms with van der Waals surface area (Å²) in [7, 11) is 0. The van der Waals surface area contributed by atoms with E-state index in [1.807, 2.05) is 4.90 Å². The van der Waals surface area contributed by atoms with Crippen LogP contribution in [0.1, 0.15) is 51.1 Å². The second-order valence-electron chi connectivity index (χ2n) is 9.13. The van der Waals surface area contributed by atoms with Crippen molar-refractivity contribution >= 4 is 22.7 Å². The molecule has 2 aromatic rings. The number of carbonyl (C=O) groups is 2. The van der Waals surface area contributed by atoms with E-state index < -0.39 is 11.9 Å². The molecule has 2 aliphatic heterocycles. The van der Waals surface area contributed by atoms with Crippen LogP contribution in [0.2, 0.25) is 0 Å². The van der Waals surface area contributed by atoms with Crippen molar-refractivity contribution in [2.24, 2.45) is 5.73 Å². The van der Waals surface area contributed by atoms with Gasteiger partial charge in [0.2, 0.25) is 11.8 Å². The monoisotopic (exact) mass is 440 g/mol. The molecule has 3 atom stereocenters. The van der Waals surface area contributed by atoms with E-state index in [9.17, 15) is 14.7 Å². The van der Waals surface area contributed by atoms with Gasteiger partial charge in [-0.3, -0.25) is 14.5 Å². The number of nitrogens with two attached hydrogens (primary N) is 1. The first-order valence-corrected chi connectivity index (χ1v) is 12.1. The Morgan fingerprint density at radius 3 is 2.72 bits per heavy atom. The smallest absolute Gasteiger partial charge is 0.240 e. The quantitative estimate of drug-likeness (QED) is 0.626. The molecular weight excluding hydrogens is 404 g/mol. The molecule has 7 nitrogen and oxygen atoms in total. The summed E-state index contributed by atoms with van der Waals surface area (Å²) >= 11 is 0. The number of fused-ring (bicyclic) bond motifs is 1. The fourth-order valence-corrected chi connectivity index (χ4v) is 5.80. The lowest BCUT2D eigenvalue weighted by Crippen LogP contribution is -2.54. The first-order chi connectivity index (χ1) is 15.5. The van der Waals surface area contributed by atoms with Crippen LogP contribution in [0.5, 0.6) is 0 Å². The lowest BCUT2D eigenvalue weighted by Gasteiger charge is -2.34. The molecule has 3 heterocycles. The molecule has 2 aliphatic rings. The average molecular weight is 441 g/mol. The number of primary amides is 1. The van der Waals surface area contributed by atoms with Crippen LogP contribution in [0, 0.1) is 0 Å². The zero-order valence-electron chi connectivity index (χ0n) is 19.1. The third-order valence-corrected chi connectivity index (χ3v) is 7.32. The van der Waals surface area contributed by atoms with Crippen LogP contribution in [0.4, 0.5) is 0 Å². The van der Waals surface area contributed by atoms with Crippen molar-refractivity contribution in [1.82, 2.24) is 14.4 Å². The first kappa shape index (κ1) is 22.8. The van der Waals surface area contributed by atoms with Crippen LogP contribution in [0.15, 0.2) is 30.3 Å². The van der Waals surface area contributed by atoms with Gasteiger partial charge >= 0.3 is 0 Å². The summed E-state index contributed by atoms with van der Waals surface area (Å²) in [4.78, 5) is 29.5. The number of benzene rings is 1. The number of para-hydroxylation sites is 1. The van der Waals surface area contributed by atoms with Crippen LogP contribution in [0.25, 0.3) is 10.9 Å². The minimum atomic E-state index is -0.572. The molecule has 0 bridgehead atoms. The summed E-state index contributed by atoms with van der Waals surface area (Å²) in [6.07, 6.45) is 5.85. The number of hydrogen-bond donors (Lipinski definition) is 2. The van der Waals surface area contributed by atoms with Gasteiger partial charge in [0.05, 0.1) is 12.1 Å². The molecule has 32 heavy (non-hydrogen) atoms. The van der Waals surface area contributed by atoms with Crippen molar-refractivity contribution in [3.8, 4) is 0 Å². The third kappa shape index (κ3) is 4.41. The van der Waals surface area contributed by atoms with Gasteiger partial charge in [0, 0.05) is 36.9 Å². The molecule has 7 heteroatoms. The van der Waals surface area contributed by atoms with Crippen molar-refractivity contribution < 1.29 is 14.7 Å². The summed E-state index contributed by atoms with van der Waals surface area (Å²) in [5.41, 5.74) is 8.19. The summed E-state index contributed by atoms with van der Waals surface area (Å²) in [6, 6.07) is 10.1. The van der Waals surface area contributed by atoms with Gasteiger partial charge in [0.15, 0.2) is 0 Å². The molecule has 0 saturated carbocycles. The number of likely N-dealkylation sites (tertiary alicyclic amines) is 2. The maximum atomic E-state index is 13.5. The standard InChI is InChI=1S/C25H36N4O3/c1-2-27-20(17-18-7-3-4-9-21(18)27)12-11-19-8-5-14-28(19)25(32)23-10-6-15-29(23)22(13-16-30)24(26)31/h3-4,7,9,17,19,22-23,30H,2,5-6,8,10-16H2,1H3,(H2,26,31)/t19-,22?,23+/m0/s1. The van der Waals surface area contributed by atoms with Gasteiger partial charge < -0.3 is 20.3 Å². The van der Waals surface area contributed by atoms with E-state index in [0.29, 0.717) is 6.54 Å². The molecule has 3 N–H and O–H groups in total. The number of hydrogen-bond acceptors (Lipinski definition) is 4. The molecule has 4 rings (SSSR count). The number of nitrogens with zero attached hydrogens (tertiary/aromatic N) is 3. The number of carbonyl (C=O) groups excluding carboxylic acids is 2. The molecule has 174 valence electrons. The van der Waals surface area contributed by atoms with Gasteiger partial charge in [0.25, 0.3) is 0 Å². The van der Waals surface area contributed by atoms with Gasteiger partial charge in [-0.1, -0.05) is 18.2 Å². The van der Waals surface area contributed by atoms with Crippen LogP contribution in [-0.2, 0) is 22.6 Å². The number of aliphatic hydroxyl groups excluding tert-OH is 1. The molecule has 0 radical (unpaired) electrons. The maximum Gasteiger partial charge on any atom is 0.240 e. The molecule has 1 unspecified atom stereocenters. The Kier molecular flexibility index (Phi) is 7.16. The van der Waals surface area contributed by atoms with E-state index in [2.05, 4.69) is 46.7 Å². The Balaban J connectivity index is 1.45. The Hall–Kier alpha value is -2.38. The van der Waals surface area contributed by atoms with Gasteiger partial charge in [-0.25, -0.2) is 0 Å². The molecule has 2 fully saturated rings.